The highest BCUT2D eigenvalue weighted by Gasteiger charge is 2.28. The number of aryl methyl sites for hydroxylation is 1. The van der Waals surface area contributed by atoms with Gasteiger partial charge >= 0.3 is 0 Å². The van der Waals surface area contributed by atoms with Gasteiger partial charge in [-0.05, 0) is 44.2 Å². The molecule has 1 atom stereocenters. The van der Waals surface area contributed by atoms with Crippen LogP contribution in [0.25, 0.3) is 0 Å². The first-order valence-corrected chi connectivity index (χ1v) is 7.89. The van der Waals surface area contributed by atoms with E-state index in [9.17, 15) is 9.18 Å². The van der Waals surface area contributed by atoms with Crippen LogP contribution in [-0.2, 0) is 0 Å². The van der Waals surface area contributed by atoms with Gasteiger partial charge < -0.3 is 4.90 Å². The molecule has 0 aromatic heterocycles. The summed E-state index contributed by atoms with van der Waals surface area (Å²) in [5.74, 6) is -0.539. The standard InChI is InChI=1S/C15H19BrFNO/c1-11-5-4-7-13(14(11)17)15(19)18-10-3-2-6-12(18)8-9-16/h4-5,7,12H,2-3,6,8-10H2,1H3. The van der Waals surface area contributed by atoms with Gasteiger partial charge in [0.15, 0.2) is 0 Å². The van der Waals surface area contributed by atoms with Crippen LogP contribution in [0, 0.1) is 12.7 Å². The van der Waals surface area contributed by atoms with Crippen LogP contribution in [0.15, 0.2) is 18.2 Å². The summed E-state index contributed by atoms with van der Waals surface area (Å²) in [7, 11) is 0. The fourth-order valence-electron chi connectivity index (χ4n) is 2.66. The third kappa shape index (κ3) is 3.16. The number of likely N-dealkylation sites (tertiary alicyclic amines) is 1. The Hall–Kier alpha value is -0.900. The van der Waals surface area contributed by atoms with Gasteiger partial charge in [0, 0.05) is 17.9 Å². The third-order valence-electron chi connectivity index (χ3n) is 3.75. The first kappa shape index (κ1) is 14.5. The van der Waals surface area contributed by atoms with Crippen molar-refractivity contribution in [2.24, 2.45) is 0 Å². The van der Waals surface area contributed by atoms with Crippen LogP contribution in [0.4, 0.5) is 4.39 Å². The molecular weight excluding hydrogens is 309 g/mol. The Bertz CT molecular complexity index is 461. The Labute approximate surface area is 122 Å². The van der Waals surface area contributed by atoms with E-state index >= 15 is 0 Å². The van der Waals surface area contributed by atoms with Crippen LogP contribution >= 0.6 is 15.9 Å². The molecular formula is C15H19BrFNO. The van der Waals surface area contributed by atoms with E-state index in [2.05, 4.69) is 15.9 Å². The number of alkyl halides is 1. The van der Waals surface area contributed by atoms with Crippen molar-refractivity contribution in [2.75, 3.05) is 11.9 Å². The maximum Gasteiger partial charge on any atom is 0.257 e. The lowest BCUT2D eigenvalue weighted by atomic mass is 9.98. The number of amides is 1. The Morgan fingerprint density at radius 1 is 1.47 bits per heavy atom. The molecule has 1 aliphatic heterocycles. The lowest BCUT2D eigenvalue weighted by molar-refractivity contribution is 0.0605. The monoisotopic (exact) mass is 327 g/mol. The van der Waals surface area contributed by atoms with Gasteiger partial charge in [-0.15, -0.1) is 0 Å². The zero-order chi connectivity index (χ0) is 13.8. The second-order valence-corrected chi connectivity index (χ2v) is 5.86. The molecule has 4 heteroatoms. The molecule has 0 spiro atoms. The van der Waals surface area contributed by atoms with Crippen molar-refractivity contribution in [1.29, 1.82) is 0 Å². The van der Waals surface area contributed by atoms with Gasteiger partial charge in [0.05, 0.1) is 5.56 Å². The van der Waals surface area contributed by atoms with Crippen LogP contribution in [0.5, 0.6) is 0 Å². The maximum atomic E-state index is 14.1. The minimum absolute atomic E-state index is 0.160. The van der Waals surface area contributed by atoms with E-state index in [1.54, 1.807) is 25.1 Å². The molecule has 2 nitrogen and oxygen atoms in total. The molecule has 0 radical (unpaired) electrons. The minimum Gasteiger partial charge on any atom is -0.336 e. The normalized spacial score (nSPS) is 19.5. The van der Waals surface area contributed by atoms with Gasteiger partial charge in [0.1, 0.15) is 5.82 Å². The summed E-state index contributed by atoms with van der Waals surface area (Å²) in [6.45, 7) is 2.43. The highest BCUT2D eigenvalue weighted by atomic mass is 79.9. The lowest BCUT2D eigenvalue weighted by Crippen LogP contribution is -2.44. The van der Waals surface area contributed by atoms with E-state index < -0.39 is 0 Å². The van der Waals surface area contributed by atoms with Crippen molar-refractivity contribution in [1.82, 2.24) is 4.90 Å². The summed E-state index contributed by atoms with van der Waals surface area (Å²) in [5, 5.41) is 0.873. The molecule has 1 unspecified atom stereocenters. The number of rotatable bonds is 3. The van der Waals surface area contributed by atoms with Crippen LogP contribution in [-0.4, -0.2) is 28.7 Å². The highest BCUT2D eigenvalue weighted by Crippen LogP contribution is 2.24. The van der Waals surface area contributed by atoms with E-state index in [4.69, 9.17) is 0 Å². The molecule has 1 aromatic rings. The lowest BCUT2D eigenvalue weighted by Gasteiger charge is -2.35. The van der Waals surface area contributed by atoms with Crippen molar-refractivity contribution in [3.63, 3.8) is 0 Å². The van der Waals surface area contributed by atoms with Gasteiger partial charge in [-0.25, -0.2) is 4.39 Å². The van der Waals surface area contributed by atoms with E-state index in [-0.39, 0.29) is 23.3 Å². The maximum absolute atomic E-state index is 14.1. The first-order valence-electron chi connectivity index (χ1n) is 6.77. The molecule has 0 N–H and O–H groups in total. The molecule has 1 saturated heterocycles. The average molecular weight is 328 g/mol. The SMILES string of the molecule is Cc1cccc(C(=O)N2CCCCC2CCBr)c1F. The Morgan fingerprint density at radius 2 is 2.26 bits per heavy atom. The second kappa shape index (κ2) is 6.51. The summed E-state index contributed by atoms with van der Waals surface area (Å²) in [6, 6.07) is 5.26. The Morgan fingerprint density at radius 3 is 3.00 bits per heavy atom. The molecule has 0 saturated carbocycles. The molecule has 1 fully saturated rings. The number of nitrogens with zero attached hydrogens (tertiary/aromatic N) is 1. The summed E-state index contributed by atoms with van der Waals surface area (Å²) < 4.78 is 14.1. The first-order chi connectivity index (χ1) is 9.15. The number of hydrogen-bond donors (Lipinski definition) is 0. The quantitative estimate of drug-likeness (QED) is 0.771. The molecule has 1 aliphatic rings. The van der Waals surface area contributed by atoms with Gasteiger partial charge in [-0.1, -0.05) is 28.1 Å². The number of piperidine rings is 1. The number of hydrogen-bond acceptors (Lipinski definition) is 1. The summed E-state index contributed by atoms with van der Waals surface area (Å²) in [4.78, 5) is 14.4. The predicted octanol–water partition coefficient (Wildman–Crippen LogP) is 3.91. The van der Waals surface area contributed by atoms with Crippen LogP contribution in [0.2, 0.25) is 0 Å². The molecule has 104 valence electrons. The molecule has 0 aliphatic carbocycles. The summed E-state index contributed by atoms with van der Waals surface area (Å²) >= 11 is 3.43. The number of benzene rings is 1. The third-order valence-corrected chi connectivity index (χ3v) is 4.21. The molecule has 1 amide bonds. The number of carbonyl (C=O) groups is 1. The fourth-order valence-corrected chi connectivity index (χ4v) is 3.19. The topological polar surface area (TPSA) is 20.3 Å². The van der Waals surface area contributed by atoms with Gasteiger partial charge in [-0.3, -0.25) is 4.79 Å². The zero-order valence-corrected chi connectivity index (χ0v) is 12.7. The van der Waals surface area contributed by atoms with Crippen LogP contribution in [0.3, 0.4) is 0 Å². The smallest absolute Gasteiger partial charge is 0.257 e. The summed E-state index contributed by atoms with van der Waals surface area (Å²) in [6.07, 6.45) is 4.11. The predicted molar refractivity (Wildman–Crippen MR) is 78.2 cm³/mol. The van der Waals surface area contributed by atoms with Crippen molar-refractivity contribution in [3.8, 4) is 0 Å². The molecule has 0 bridgehead atoms. The van der Waals surface area contributed by atoms with E-state index in [1.165, 1.54) is 0 Å². The van der Waals surface area contributed by atoms with E-state index in [0.717, 1.165) is 37.6 Å². The number of carbonyl (C=O) groups excluding carboxylic acids is 1. The second-order valence-electron chi connectivity index (χ2n) is 5.06. The van der Waals surface area contributed by atoms with Gasteiger partial charge in [-0.2, -0.15) is 0 Å². The van der Waals surface area contributed by atoms with Gasteiger partial charge in [0.25, 0.3) is 5.91 Å². The average Bonchev–Trinajstić information content (AvgIpc) is 2.42. The minimum atomic E-state index is -0.379. The van der Waals surface area contributed by atoms with Crippen molar-refractivity contribution >= 4 is 21.8 Å². The Balaban J connectivity index is 2.23. The van der Waals surface area contributed by atoms with Crippen LogP contribution in [0.1, 0.15) is 41.6 Å². The highest BCUT2D eigenvalue weighted by molar-refractivity contribution is 9.09. The molecule has 19 heavy (non-hydrogen) atoms. The molecule has 1 aromatic carbocycles. The molecule has 1 heterocycles. The van der Waals surface area contributed by atoms with Gasteiger partial charge in [0.2, 0.25) is 0 Å². The van der Waals surface area contributed by atoms with Crippen molar-refractivity contribution in [3.05, 3.63) is 35.1 Å². The zero-order valence-electron chi connectivity index (χ0n) is 11.2. The Kier molecular flexibility index (Phi) is 4.97. The fraction of sp³-hybridized carbons (Fsp3) is 0.533. The van der Waals surface area contributed by atoms with E-state index in [1.807, 2.05) is 4.90 Å². The van der Waals surface area contributed by atoms with E-state index in [0.29, 0.717) is 5.56 Å². The van der Waals surface area contributed by atoms with Crippen LogP contribution < -0.4 is 0 Å². The largest absolute Gasteiger partial charge is 0.336 e. The number of halogens is 2. The molecule has 2 rings (SSSR count). The van der Waals surface area contributed by atoms with Crippen molar-refractivity contribution in [2.45, 2.75) is 38.6 Å². The van der Waals surface area contributed by atoms with Crippen molar-refractivity contribution < 1.29 is 9.18 Å². The summed E-state index contributed by atoms with van der Waals surface area (Å²) in [5.41, 5.74) is 0.737.